The number of thioether (sulfide) groups is 1. The molecule has 3 heterocycles. The van der Waals surface area contributed by atoms with Crippen LogP contribution in [-0.4, -0.2) is 27.3 Å². The quantitative estimate of drug-likeness (QED) is 0.480. The maximum absolute atomic E-state index is 13.3. The van der Waals surface area contributed by atoms with Gasteiger partial charge in [0.1, 0.15) is 10.6 Å². The summed E-state index contributed by atoms with van der Waals surface area (Å²) in [6.07, 6.45) is 0. The third kappa shape index (κ3) is 3.35. The van der Waals surface area contributed by atoms with E-state index >= 15 is 0 Å². The Bertz CT molecular complexity index is 1310. The Kier molecular flexibility index (Phi) is 4.56. The van der Waals surface area contributed by atoms with Crippen LogP contribution in [0.15, 0.2) is 53.4 Å². The molecule has 0 bridgehead atoms. The van der Waals surface area contributed by atoms with Crippen molar-refractivity contribution in [2.24, 2.45) is 0 Å². The van der Waals surface area contributed by atoms with Crippen LogP contribution in [0.2, 0.25) is 0 Å². The van der Waals surface area contributed by atoms with Crippen LogP contribution in [0.5, 0.6) is 0 Å². The minimum Gasteiger partial charge on any atom is -0.324 e. The van der Waals surface area contributed by atoms with Crippen LogP contribution in [0.25, 0.3) is 15.9 Å². The number of thiophene rings is 1. The summed E-state index contributed by atoms with van der Waals surface area (Å²) in [5.41, 5.74) is 2.83. The van der Waals surface area contributed by atoms with Crippen LogP contribution in [0.3, 0.4) is 0 Å². The fraction of sp³-hybridized carbons (Fsp3) is 0.0952. The number of hydrogen-bond acceptors (Lipinski definition) is 5. The zero-order valence-electron chi connectivity index (χ0n) is 15.7. The number of halogens is 1. The average molecular weight is 439 g/mol. The number of aromatic nitrogens is 2. The molecular formula is C21H15FN4O2S2. The first kappa shape index (κ1) is 18.8. The molecule has 0 aliphatic carbocycles. The number of amides is 2. The lowest BCUT2D eigenvalue weighted by molar-refractivity contribution is -0.113. The Morgan fingerprint density at radius 3 is 2.80 bits per heavy atom. The molecule has 0 saturated carbocycles. The zero-order chi connectivity index (χ0) is 20.8. The van der Waals surface area contributed by atoms with Gasteiger partial charge in [0.05, 0.1) is 27.7 Å². The van der Waals surface area contributed by atoms with Crippen molar-refractivity contribution in [2.45, 2.75) is 11.8 Å². The number of benzene rings is 2. The number of nitrogens with zero attached hydrogens (tertiary/aromatic N) is 2. The number of carbonyl (C=O) groups excluding carboxylic acids is 2. The summed E-state index contributed by atoms with van der Waals surface area (Å²) in [5, 5.41) is 11.1. The predicted molar refractivity (Wildman–Crippen MR) is 117 cm³/mol. The molecule has 9 heteroatoms. The van der Waals surface area contributed by atoms with Crippen LogP contribution in [0.4, 0.5) is 15.8 Å². The summed E-state index contributed by atoms with van der Waals surface area (Å²) in [7, 11) is 0. The highest BCUT2D eigenvalue weighted by molar-refractivity contribution is 8.00. The van der Waals surface area contributed by atoms with Crippen molar-refractivity contribution in [3.05, 3.63) is 64.9 Å². The van der Waals surface area contributed by atoms with Crippen molar-refractivity contribution in [3.63, 3.8) is 0 Å². The summed E-state index contributed by atoms with van der Waals surface area (Å²) in [6.45, 7) is 1.88. The molecule has 0 unspecified atom stereocenters. The van der Waals surface area contributed by atoms with E-state index in [0.29, 0.717) is 22.0 Å². The van der Waals surface area contributed by atoms with Crippen LogP contribution >= 0.6 is 23.1 Å². The highest BCUT2D eigenvalue weighted by atomic mass is 32.2. The van der Waals surface area contributed by atoms with Crippen LogP contribution in [0, 0.1) is 12.7 Å². The van der Waals surface area contributed by atoms with E-state index in [0.717, 1.165) is 26.5 Å². The Balaban J connectivity index is 1.44. The lowest BCUT2D eigenvalue weighted by Gasteiger charge is -2.17. The number of aryl methyl sites for hydroxylation is 1. The van der Waals surface area contributed by atoms with Gasteiger partial charge in [-0.3, -0.25) is 9.59 Å². The largest absolute Gasteiger partial charge is 0.324 e. The Labute approximate surface area is 179 Å². The average Bonchev–Trinajstić information content (AvgIpc) is 3.29. The highest BCUT2D eigenvalue weighted by Crippen LogP contribution is 2.34. The van der Waals surface area contributed by atoms with Crippen molar-refractivity contribution in [2.75, 3.05) is 16.4 Å². The minimum absolute atomic E-state index is 0.0543. The Morgan fingerprint density at radius 2 is 2.00 bits per heavy atom. The van der Waals surface area contributed by atoms with Crippen molar-refractivity contribution in [3.8, 4) is 5.69 Å². The summed E-state index contributed by atoms with van der Waals surface area (Å²) < 4.78 is 15.0. The third-order valence-electron chi connectivity index (χ3n) is 4.71. The van der Waals surface area contributed by atoms with Gasteiger partial charge in [-0.05, 0) is 55.5 Å². The van der Waals surface area contributed by atoms with E-state index in [4.69, 9.17) is 0 Å². The van der Waals surface area contributed by atoms with Gasteiger partial charge in [0.25, 0.3) is 5.91 Å². The molecule has 2 amide bonds. The summed E-state index contributed by atoms with van der Waals surface area (Å²) in [6, 6.07) is 13.3. The molecule has 0 radical (unpaired) electrons. The molecule has 0 saturated heterocycles. The molecule has 150 valence electrons. The number of carbonyl (C=O) groups is 2. The van der Waals surface area contributed by atoms with Gasteiger partial charge in [-0.1, -0.05) is 0 Å². The zero-order valence-corrected chi connectivity index (χ0v) is 17.4. The first-order valence-electron chi connectivity index (χ1n) is 9.11. The number of rotatable bonds is 3. The van der Waals surface area contributed by atoms with Crippen molar-refractivity contribution in [1.82, 2.24) is 9.78 Å². The number of hydrogen-bond donors (Lipinski definition) is 2. The van der Waals surface area contributed by atoms with Crippen molar-refractivity contribution in [1.29, 1.82) is 0 Å². The Morgan fingerprint density at radius 1 is 1.20 bits per heavy atom. The second-order valence-electron chi connectivity index (χ2n) is 6.81. The van der Waals surface area contributed by atoms with Crippen LogP contribution in [-0.2, 0) is 4.79 Å². The summed E-state index contributed by atoms with van der Waals surface area (Å²) in [5.74, 6) is -0.215. The molecule has 0 atom stereocenters. The highest BCUT2D eigenvalue weighted by Gasteiger charge is 2.19. The van der Waals surface area contributed by atoms with Gasteiger partial charge < -0.3 is 10.6 Å². The second-order valence-corrected chi connectivity index (χ2v) is 8.85. The van der Waals surface area contributed by atoms with Gasteiger partial charge in [-0.15, -0.1) is 23.1 Å². The SMILES string of the molecule is Cc1nn(-c2ccc(F)cc2)c2sc(C(=O)Nc3ccc4c(c3)NC(=O)CS4)cc12. The minimum atomic E-state index is -0.315. The van der Waals surface area contributed by atoms with Crippen LogP contribution in [0.1, 0.15) is 15.4 Å². The molecule has 2 N–H and O–H groups in total. The molecule has 0 fully saturated rings. The van der Waals surface area contributed by atoms with Gasteiger partial charge in [-0.2, -0.15) is 5.10 Å². The van der Waals surface area contributed by atoms with Gasteiger partial charge >= 0.3 is 0 Å². The molecule has 1 aliphatic heterocycles. The van der Waals surface area contributed by atoms with Gasteiger partial charge in [0.2, 0.25) is 5.91 Å². The van der Waals surface area contributed by atoms with Gasteiger partial charge in [-0.25, -0.2) is 9.07 Å². The Hall–Kier alpha value is -3.17. The van der Waals surface area contributed by atoms with Gasteiger partial charge in [0.15, 0.2) is 0 Å². The molecule has 2 aromatic carbocycles. The summed E-state index contributed by atoms with van der Waals surface area (Å²) >= 11 is 2.79. The fourth-order valence-corrected chi connectivity index (χ4v) is 5.14. The lowest BCUT2D eigenvalue weighted by atomic mass is 10.2. The predicted octanol–water partition coefficient (Wildman–Crippen LogP) is 4.83. The van der Waals surface area contributed by atoms with E-state index in [1.807, 2.05) is 25.1 Å². The molecule has 6 nitrogen and oxygen atoms in total. The second kappa shape index (κ2) is 7.26. The van der Waals surface area contributed by atoms with Crippen LogP contribution < -0.4 is 10.6 Å². The third-order valence-corrected chi connectivity index (χ3v) is 6.89. The number of fused-ring (bicyclic) bond motifs is 2. The molecule has 2 aromatic heterocycles. The van der Waals surface area contributed by atoms with E-state index in [2.05, 4.69) is 15.7 Å². The molecule has 30 heavy (non-hydrogen) atoms. The molecule has 4 aromatic rings. The van der Waals surface area contributed by atoms with Crippen molar-refractivity contribution < 1.29 is 14.0 Å². The standard InChI is InChI=1S/C21H15FN4O2S2/c1-11-15-9-18(30-21(15)26(25-11)14-5-2-12(22)3-6-14)20(28)23-13-4-7-17-16(8-13)24-19(27)10-29-17/h2-9H,10H2,1H3,(H,23,28)(H,24,27). The molecule has 0 spiro atoms. The summed E-state index contributed by atoms with van der Waals surface area (Å²) in [4.78, 5) is 26.8. The van der Waals surface area contributed by atoms with E-state index < -0.39 is 0 Å². The number of anilines is 2. The fourth-order valence-electron chi connectivity index (χ4n) is 3.27. The first-order chi connectivity index (χ1) is 14.5. The maximum Gasteiger partial charge on any atom is 0.265 e. The van der Waals surface area contributed by atoms with E-state index in [9.17, 15) is 14.0 Å². The molecule has 5 rings (SSSR count). The molecule has 1 aliphatic rings. The van der Waals surface area contributed by atoms with E-state index in [1.165, 1.54) is 35.2 Å². The van der Waals surface area contributed by atoms with Crippen molar-refractivity contribution >= 4 is 56.5 Å². The lowest BCUT2D eigenvalue weighted by Crippen LogP contribution is -2.19. The number of nitrogens with one attached hydrogen (secondary N) is 2. The van der Waals surface area contributed by atoms with E-state index in [-0.39, 0.29) is 17.6 Å². The monoisotopic (exact) mass is 438 g/mol. The smallest absolute Gasteiger partial charge is 0.265 e. The first-order valence-corrected chi connectivity index (χ1v) is 10.9. The van der Waals surface area contributed by atoms with Gasteiger partial charge in [0, 0.05) is 16.0 Å². The molecular weight excluding hydrogens is 423 g/mol. The maximum atomic E-state index is 13.3. The normalized spacial score (nSPS) is 13.2. The topological polar surface area (TPSA) is 76.0 Å². The van der Waals surface area contributed by atoms with E-state index in [1.54, 1.807) is 22.9 Å².